The van der Waals surface area contributed by atoms with Crippen molar-refractivity contribution in [2.45, 2.75) is 38.1 Å². The zero-order valence-corrected chi connectivity index (χ0v) is 13.3. The lowest BCUT2D eigenvalue weighted by Crippen LogP contribution is -2.28. The van der Waals surface area contributed by atoms with E-state index in [4.69, 9.17) is 15.2 Å². The molecule has 1 aliphatic heterocycles. The van der Waals surface area contributed by atoms with E-state index in [1.165, 1.54) is 38.8 Å². The summed E-state index contributed by atoms with van der Waals surface area (Å²) in [5, 5.41) is 0. The van der Waals surface area contributed by atoms with Crippen molar-refractivity contribution >= 4 is 0 Å². The number of benzene rings is 1. The first-order chi connectivity index (χ1) is 10.2. The van der Waals surface area contributed by atoms with Crippen molar-refractivity contribution in [3.8, 4) is 11.5 Å². The van der Waals surface area contributed by atoms with Crippen LogP contribution in [0.25, 0.3) is 0 Å². The SMILES string of the molecule is COc1ccc(C(N)CCN2CCCCCC2)cc1OC. The average Bonchev–Trinajstić information content (AvgIpc) is 2.80. The predicted octanol–water partition coefficient (Wildman–Crippen LogP) is 2.97. The topological polar surface area (TPSA) is 47.7 Å². The van der Waals surface area contributed by atoms with Crippen LogP contribution in [0, 0.1) is 0 Å². The van der Waals surface area contributed by atoms with E-state index in [9.17, 15) is 0 Å². The van der Waals surface area contributed by atoms with Gasteiger partial charge in [0, 0.05) is 6.04 Å². The summed E-state index contributed by atoms with van der Waals surface area (Å²) >= 11 is 0. The first kappa shape index (κ1) is 16.1. The molecule has 0 aliphatic carbocycles. The average molecular weight is 292 g/mol. The summed E-state index contributed by atoms with van der Waals surface area (Å²) < 4.78 is 10.6. The Morgan fingerprint density at radius 3 is 2.33 bits per heavy atom. The molecule has 0 amide bonds. The zero-order chi connectivity index (χ0) is 15.1. The Kier molecular flexibility index (Phi) is 6.33. The minimum atomic E-state index is 0.0491. The highest BCUT2D eigenvalue weighted by atomic mass is 16.5. The molecule has 2 rings (SSSR count). The van der Waals surface area contributed by atoms with Gasteiger partial charge in [0.2, 0.25) is 0 Å². The molecule has 4 heteroatoms. The van der Waals surface area contributed by atoms with Gasteiger partial charge in [-0.2, -0.15) is 0 Å². The van der Waals surface area contributed by atoms with Gasteiger partial charge in [0.1, 0.15) is 0 Å². The van der Waals surface area contributed by atoms with Crippen molar-refractivity contribution in [1.29, 1.82) is 0 Å². The second-order valence-corrected chi connectivity index (χ2v) is 5.77. The van der Waals surface area contributed by atoms with E-state index in [2.05, 4.69) is 4.90 Å². The molecule has 0 saturated carbocycles. The molecule has 1 aliphatic rings. The van der Waals surface area contributed by atoms with Crippen molar-refractivity contribution in [2.75, 3.05) is 33.9 Å². The van der Waals surface area contributed by atoms with Gasteiger partial charge in [-0.3, -0.25) is 0 Å². The van der Waals surface area contributed by atoms with Crippen LogP contribution in [0.2, 0.25) is 0 Å². The summed E-state index contributed by atoms with van der Waals surface area (Å²) in [6.45, 7) is 3.52. The standard InChI is InChI=1S/C17H28N2O2/c1-20-16-8-7-14(13-17(16)21-2)15(18)9-12-19-10-5-3-4-6-11-19/h7-8,13,15H,3-6,9-12,18H2,1-2H3. The maximum Gasteiger partial charge on any atom is 0.161 e. The quantitative estimate of drug-likeness (QED) is 0.875. The van der Waals surface area contributed by atoms with Gasteiger partial charge in [-0.25, -0.2) is 0 Å². The normalized spacial score (nSPS) is 18.0. The van der Waals surface area contributed by atoms with Crippen LogP contribution in [0.15, 0.2) is 18.2 Å². The number of hydrogen-bond acceptors (Lipinski definition) is 4. The van der Waals surface area contributed by atoms with E-state index in [1.807, 2.05) is 18.2 Å². The number of nitrogens with zero attached hydrogens (tertiary/aromatic N) is 1. The molecule has 0 radical (unpaired) electrons. The highest BCUT2D eigenvalue weighted by Gasteiger charge is 2.14. The third-order valence-electron chi connectivity index (χ3n) is 4.29. The van der Waals surface area contributed by atoms with Crippen LogP contribution in [-0.2, 0) is 0 Å². The summed E-state index contributed by atoms with van der Waals surface area (Å²) in [6, 6.07) is 6.01. The van der Waals surface area contributed by atoms with Crippen LogP contribution < -0.4 is 15.2 Å². The molecule has 1 saturated heterocycles. The molecule has 0 spiro atoms. The minimum Gasteiger partial charge on any atom is -0.493 e. The predicted molar refractivity (Wildman–Crippen MR) is 86.0 cm³/mol. The Bertz CT molecular complexity index is 429. The van der Waals surface area contributed by atoms with E-state index in [0.717, 1.165) is 30.0 Å². The lowest BCUT2D eigenvalue weighted by Gasteiger charge is -2.22. The van der Waals surface area contributed by atoms with Gasteiger partial charge in [-0.15, -0.1) is 0 Å². The first-order valence-electron chi connectivity index (χ1n) is 7.94. The molecule has 1 atom stereocenters. The van der Waals surface area contributed by atoms with Crippen molar-refractivity contribution in [3.05, 3.63) is 23.8 Å². The Morgan fingerprint density at radius 2 is 1.71 bits per heavy atom. The summed E-state index contributed by atoms with van der Waals surface area (Å²) in [4.78, 5) is 2.55. The summed E-state index contributed by atoms with van der Waals surface area (Å²) in [6.07, 6.45) is 6.38. The van der Waals surface area contributed by atoms with E-state index in [-0.39, 0.29) is 6.04 Å². The molecular weight excluding hydrogens is 264 g/mol. The van der Waals surface area contributed by atoms with Crippen LogP contribution in [0.5, 0.6) is 11.5 Å². The van der Waals surface area contributed by atoms with E-state index < -0.39 is 0 Å². The van der Waals surface area contributed by atoms with Gasteiger partial charge in [-0.05, 0) is 56.6 Å². The van der Waals surface area contributed by atoms with Gasteiger partial charge < -0.3 is 20.1 Å². The van der Waals surface area contributed by atoms with Gasteiger partial charge >= 0.3 is 0 Å². The first-order valence-corrected chi connectivity index (χ1v) is 7.94. The number of ether oxygens (including phenoxy) is 2. The summed E-state index contributed by atoms with van der Waals surface area (Å²) in [7, 11) is 3.31. The van der Waals surface area contributed by atoms with E-state index in [1.54, 1.807) is 14.2 Å². The Morgan fingerprint density at radius 1 is 1.05 bits per heavy atom. The smallest absolute Gasteiger partial charge is 0.161 e. The van der Waals surface area contributed by atoms with Gasteiger partial charge in [0.15, 0.2) is 11.5 Å². The van der Waals surface area contributed by atoms with Crippen LogP contribution in [0.1, 0.15) is 43.7 Å². The zero-order valence-electron chi connectivity index (χ0n) is 13.3. The molecule has 1 aromatic rings. The Hall–Kier alpha value is -1.26. The number of likely N-dealkylation sites (tertiary alicyclic amines) is 1. The number of nitrogens with two attached hydrogens (primary N) is 1. The van der Waals surface area contributed by atoms with Crippen molar-refractivity contribution in [1.82, 2.24) is 4.90 Å². The summed E-state index contributed by atoms with van der Waals surface area (Å²) in [5.41, 5.74) is 7.46. The van der Waals surface area contributed by atoms with Gasteiger partial charge in [0.25, 0.3) is 0 Å². The van der Waals surface area contributed by atoms with Crippen LogP contribution in [-0.4, -0.2) is 38.8 Å². The van der Waals surface area contributed by atoms with Crippen LogP contribution >= 0.6 is 0 Å². The molecule has 1 unspecified atom stereocenters. The molecular formula is C17H28N2O2. The third-order valence-corrected chi connectivity index (χ3v) is 4.29. The summed E-state index contributed by atoms with van der Waals surface area (Å²) in [5.74, 6) is 1.50. The fourth-order valence-corrected chi connectivity index (χ4v) is 2.93. The number of methoxy groups -OCH3 is 2. The van der Waals surface area contributed by atoms with Gasteiger partial charge in [-0.1, -0.05) is 18.9 Å². The van der Waals surface area contributed by atoms with E-state index in [0.29, 0.717) is 0 Å². The lowest BCUT2D eigenvalue weighted by molar-refractivity contribution is 0.273. The number of hydrogen-bond donors (Lipinski definition) is 1. The minimum absolute atomic E-state index is 0.0491. The van der Waals surface area contributed by atoms with Crippen LogP contribution in [0.4, 0.5) is 0 Å². The van der Waals surface area contributed by atoms with Crippen molar-refractivity contribution in [2.24, 2.45) is 5.73 Å². The lowest BCUT2D eigenvalue weighted by atomic mass is 10.0. The van der Waals surface area contributed by atoms with Crippen LogP contribution in [0.3, 0.4) is 0 Å². The Labute approximate surface area is 128 Å². The van der Waals surface area contributed by atoms with Gasteiger partial charge in [0.05, 0.1) is 14.2 Å². The Balaban J connectivity index is 1.91. The van der Waals surface area contributed by atoms with E-state index >= 15 is 0 Å². The van der Waals surface area contributed by atoms with Crippen molar-refractivity contribution in [3.63, 3.8) is 0 Å². The molecule has 0 aromatic heterocycles. The largest absolute Gasteiger partial charge is 0.493 e. The number of rotatable bonds is 6. The fraction of sp³-hybridized carbons (Fsp3) is 0.647. The maximum atomic E-state index is 6.34. The highest BCUT2D eigenvalue weighted by Crippen LogP contribution is 2.30. The monoisotopic (exact) mass is 292 g/mol. The fourth-order valence-electron chi connectivity index (χ4n) is 2.93. The maximum absolute atomic E-state index is 6.34. The van der Waals surface area contributed by atoms with Crippen molar-refractivity contribution < 1.29 is 9.47 Å². The molecule has 1 aromatic carbocycles. The molecule has 1 fully saturated rings. The molecule has 4 nitrogen and oxygen atoms in total. The molecule has 21 heavy (non-hydrogen) atoms. The molecule has 1 heterocycles. The second kappa shape index (κ2) is 8.25. The highest BCUT2D eigenvalue weighted by molar-refractivity contribution is 5.43. The second-order valence-electron chi connectivity index (χ2n) is 5.77. The third kappa shape index (κ3) is 4.61. The molecule has 2 N–H and O–H groups in total. The molecule has 118 valence electrons. The molecule has 0 bridgehead atoms.